The van der Waals surface area contributed by atoms with E-state index >= 15 is 0 Å². The number of hydrogen-bond acceptors (Lipinski definition) is 3. The van der Waals surface area contributed by atoms with E-state index in [1.54, 1.807) is 18.0 Å². The average Bonchev–Trinajstić information content (AvgIpc) is 2.80. The fourth-order valence-electron chi connectivity index (χ4n) is 2.14. The van der Waals surface area contributed by atoms with Crippen molar-refractivity contribution in [2.75, 3.05) is 18.5 Å². The summed E-state index contributed by atoms with van der Waals surface area (Å²) in [7, 11) is 1.74. The van der Waals surface area contributed by atoms with Gasteiger partial charge < -0.3 is 4.90 Å². The molecular weight excluding hydrogens is 315 g/mol. The number of hydrogen-bond donors (Lipinski definition) is 0. The molecule has 1 aliphatic heterocycles. The number of amides is 1. The first-order chi connectivity index (χ1) is 9.58. The average molecular weight is 325 g/mol. The third-order valence-corrected chi connectivity index (χ3v) is 4.61. The van der Waals surface area contributed by atoms with Gasteiger partial charge in [0.15, 0.2) is 0 Å². The number of likely N-dealkylation sites (N-methyl/N-ethyl adjacent to an activating group) is 1. The molecule has 102 valence electrons. The number of halogens is 2. The molecule has 1 aromatic carbocycles. The van der Waals surface area contributed by atoms with Crippen LogP contribution in [0.5, 0.6) is 0 Å². The van der Waals surface area contributed by atoms with Crippen LogP contribution in [0.25, 0.3) is 0 Å². The van der Waals surface area contributed by atoms with Gasteiger partial charge in [-0.2, -0.15) is 11.3 Å². The molecule has 0 saturated carbocycles. The van der Waals surface area contributed by atoms with E-state index in [1.807, 2.05) is 22.9 Å². The van der Waals surface area contributed by atoms with Crippen molar-refractivity contribution in [1.82, 2.24) is 0 Å². The molecule has 0 N–H and O–H groups in total. The van der Waals surface area contributed by atoms with Crippen LogP contribution in [0.3, 0.4) is 0 Å². The zero-order valence-corrected chi connectivity index (χ0v) is 12.9. The minimum Gasteiger partial charge on any atom is -0.313 e. The van der Waals surface area contributed by atoms with E-state index in [0.29, 0.717) is 15.8 Å². The van der Waals surface area contributed by atoms with Gasteiger partial charge in [-0.1, -0.05) is 23.2 Å². The number of aliphatic imine (C=N–C) groups is 1. The zero-order chi connectivity index (χ0) is 14.3. The van der Waals surface area contributed by atoms with Crippen LogP contribution in [0.1, 0.15) is 11.1 Å². The Morgan fingerprint density at radius 3 is 2.75 bits per heavy atom. The van der Waals surface area contributed by atoms with Crippen LogP contribution in [0.4, 0.5) is 5.69 Å². The van der Waals surface area contributed by atoms with Gasteiger partial charge in [-0.25, -0.2) is 0 Å². The van der Waals surface area contributed by atoms with Crippen LogP contribution in [-0.4, -0.2) is 25.2 Å². The van der Waals surface area contributed by atoms with Crippen molar-refractivity contribution in [1.29, 1.82) is 0 Å². The van der Waals surface area contributed by atoms with Crippen molar-refractivity contribution < 1.29 is 4.79 Å². The SMILES string of the molecule is CN1C(=O)CN=C(c2cscc2Cl)c2cc(Cl)ccc21. The number of nitrogens with zero attached hydrogens (tertiary/aromatic N) is 2. The second kappa shape index (κ2) is 5.20. The highest BCUT2D eigenvalue weighted by atomic mass is 35.5. The van der Waals surface area contributed by atoms with Crippen LogP contribution < -0.4 is 4.90 Å². The molecule has 0 atom stereocenters. The van der Waals surface area contributed by atoms with E-state index in [1.165, 1.54) is 11.3 Å². The molecule has 1 aliphatic rings. The van der Waals surface area contributed by atoms with Crippen molar-refractivity contribution in [2.45, 2.75) is 0 Å². The summed E-state index contributed by atoms with van der Waals surface area (Å²) in [5.74, 6) is -0.0603. The Balaban J connectivity index is 2.26. The monoisotopic (exact) mass is 324 g/mol. The Labute approximate surface area is 130 Å². The number of rotatable bonds is 1. The minimum absolute atomic E-state index is 0.0603. The van der Waals surface area contributed by atoms with E-state index in [0.717, 1.165) is 16.8 Å². The van der Waals surface area contributed by atoms with Crippen LogP contribution in [-0.2, 0) is 4.79 Å². The van der Waals surface area contributed by atoms with E-state index in [2.05, 4.69) is 4.99 Å². The molecule has 0 spiro atoms. The van der Waals surface area contributed by atoms with Gasteiger partial charge in [0.1, 0.15) is 6.54 Å². The number of benzodiazepines with no additional fused rings is 1. The standard InChI is InChI=1S/C14H10Cl2N2OS/c1-18-12-3-2-8(15)4-9(12)14(17-5-13(18)19)10-6-20-7-11(10)16/h2-4,6-7H,5H2,1H3. The van der Waals surface area contributed by atoms with Crippen molar-refractivity contribution in [2.24, 2.45) is 4.99 Å². The molecule has 20 heavy (non-hydrogen) atoms. The van der Waals surface area contributed by atoms with Gasteiger partial charge >= 0.3 is 0 Å². The maximum atomic E-state index is 12.0. The first kappa shape index (κ1) is 13.6. The molecule has 0 fully saturated rings. The molecule has 3 rings (SSSR count). The molecule has 1 amide bonds. The topological polar surface area (TPSA) is 32.7 Å². The fraction of sp³-hybridized carbons (Fsp3) is 0.143. The summed E-state index contributed by atoms with van der Waals surface area (Å²) < 4.78 is 0. The molecule has 0 saturated heterocycles. The molecule has 0 aliphatic carbocycles. The smallest absolute Gasteiger partial charge is 0.248 e. The summed E-state index contributed by atoms with van der Waals surface area (Å²) in [5, 5.41) is 5.02. The van der Waals surface area contributed by atoms with Crippen LogP contribution in [0, 0.1) is 0 Å². The van der Waals surface area contributed by atoms with Gasteiger partial charge in [-0.15, -0.1) is 0 Å². The predicted octanol–water partition coefficient (Wildman–Crippen LogP) is 3.87. The van der Waals surface area contributed by atoms with Crippen LogP contribution in [0.15, 0.2) is 34.0 Å². The molecular formula is C14H10Cl2N2OS. The van der Waals surface area contributed by atoms with Crippen molar-refractivity contribution in [3.8, 4) is 0 Å². The number of carbonyl (C=O) groups excluding carboxylic acids is 1. The molecule has 3 nitrogen and oxygen atoms in total. The van der Waals surface area contributed by atoms with E-state index in [4.69, 9.17) is 23.2 Å². The highest BCUT2D eigenvalue weighted by Gasteiger charge is 2.24. The van der Waals surface area contributed by atoms with Gasteiger partial charge in [0.05, 0.1) is 16.4 Å². The van der Waals surface area contributed by atoms with Crippen molar-refractivity contribution in [3.63, 3.8) is 0 Å². The first-order valence-electron chi connectivity index (χ1n) is 5.91. The summed E-state index contributed by atoms with van der Waals surface area (Å²) >= 11 is 13.8. The Morgan fingerprint density at radius 1 is 1.25 bits per heavy atom. The normalized spacial score (nSPS) is 14.8. The summed E-state index contributed by atoms with van der Waals surface area (Å²) in [6.45, 7) is 0.101. The highest BCUT2D eigenvalue weighted by molar-refractivity contribution is 7.08. The number of carbonyl (C=O) groups is 1. The first-order valence-corrected chi connectivity index (χ1v) is 7.61. The Morgan fingerprint density at radius 2 is 2.05 bits per heavy atom. The lowest BCUT2D eigenvalue weighted by atomic mass is 10.0. The summed E-state index contributed by atoms with van der Waals surface area (Å²) in [4.78, 5) is 18.0. The minimum atomic E-state index is -0.0603. The molecule has 2 aromatic rings. The largest absolute Gasteiger partial charge is 0.313 e. The van der Waals surface area contributed by atoms with Gasteiger partial charge in [0.25, 0.3) is 0 Å². The predicted molar refractivity (Wildman–Crippen MR) is 84.7 cm³/mol. The Bertz CT molecular complexity index is 724. The van der Waals surface area contributed by atoms with E-state index in [-0.39, 0.29) is 12.5 Å². The van der Waals surface area contributed by atoms with Gasteiger partial charge in [-0.05, 0) is 18.2 Å². The number of thiophene rings is 1. The maximum absolute atomic E-state index is 12.0. The lowest BCUT2D eigenvalue weighted by molar-refractivity contribution is -0.116. The second-order valence-corrected chi connectivity index (χ2v) is 6.00. The lowest BCUT2D eigenvalue weighted by Crippen LogP contribution is -2.27. The molecule has 0 bridgehead atoms. The van der Waals surface area contributed by atoms with Crippen molar-refractivity contribution in [3.05, 3.63) is 50.1 Å². The lowest BCUT2D eigenvalue weighted by Gasteiger charge is -2.17. The maximum Gasteiger partial charge on any atom is 0.248 e. The van der Waals surface area contributed by atoms with Gasteiger partial charge in [0.2, 0.25) is 5.91 Å². The summed E-state index contributed by atoms with van der Waals surface area (Å²) in [5.41, 5.74) is 3.17. The van der Waals surface area contributed by atoms with E-state index < -0.39 is 0 Å². The molecule has 0 radical (unpaired) electrons. The zero-order valence-electron chi connectivity index (χ0n) is 10.6. The second-order valence-electron chi connectivity index (χ2n) is 4.41. The number of fused-ring (bicyclic) bond motifs is 1. The third kappa shape index (κ3) is 2.24. The quantitative estimate of drug-likeness (QED) is 0.783. The molecule has 0 unspecified atom stereocenters. The highest BCUT2D eigenvalue weighted by Crippen LogP contribution is 2.32. The van der Waals surface area contributed by atoms with Gasteiger partial charge in [0, 0.05) is 34.0 Å². The van der Waals surface area contributed by atoms with Crippen LogP contribution in [0.2, 0.25) is 10.0 Å². The molecule has 6 heteroatoms. The molecule has 1 aromatic heterocycles. The Hall–Kier alpha value is -1.36. The number of benzene rings is 1. The third-order valence-electron chi connectivity index (χ3n) is 3.19. The van der Waals surface area contributed by atoms with Crippen LogP contribution >= 0.6 is 34.5 Å². The van der Waals surface area contributed by atoms with Crippen molar-refractivity contribution >= 4 is 51.8 Å². The van der Waals surface area contributed by atoms with E-state index in [9.17, 15) is 4.79 Å². The Kier molecular flexibility index (Phi) is 3.54. The number of anilines is 1. The summed E-state index contributed by atoms with van der Waals surface area (Å²) in [6.07, 6.45) is 0. The summed E-state index contributed by atoms with van der Waals surface area (Å²) in [6, 6.07) is 5.41. The molecule has 2 heterocycles. The van der Waals surface area contributed by atoms with Gasteiger partial charge in [-0.3, -0.25) is 9.79 Å². The fourth-order valence-corrected chi connectivity index (χ4v) is 3.37.